The van der Waals surface area contributed by atoms with Gasteiger partial charge in [-0.3, -0.25) is 0 Å². The molecule has 0 aromatic heterocycles. The summed E-state index contributed by atoms with van der Waals surface area (Å²) in [7, 11) is 0. The summed E-state index contributed by atoms with van der Waals surface area (Å²) in [5, 5.41) is 8.21. The number of thioether (sulfide) groups is 1. The molecule has 0 aliphatic heterocycles. The molecule has 0 radical (unpaired) electrons. The van der Waals surface area contributed by atoms with Crippen molar-refractivity contribution in [2.75, 3.05) is 11.5 Å². The molecule has 0 aliphatic rings. The molecule has 0 saturated heterocycles. The van der Waals surface area contributed by atoms with E-state index in [0.29, 0.717) is 0 Å². The molecule has 0 fully saturated rings. The molecule has 0 aromatic carbocycles. The highest BCUT2D eigenvalue weighted by Crippen LogP contribution is 2.06. The SMILES string of the molecule is CCCSCCCCC#N. The van der Waals surface area contributed by atoms with Gasteiger partial charge in [-0.25, -0.2) is 0 Å². The smallest absolute Gasteiger partial charge is 0.0621 e. The maximum absolute atomic E-state index is 8.21. The van der Waals surface area contributed by atoms with Gasteiger partial charge in [-0.1, -0.05) is 6.92 Å². The summed E-state index contributed by atoms with van der Waals surface area (Å²) < 4.78 is 0. The molecule has 0 aliphatic carbocycles. The van der Waals surface area contributed by atoms with Gasteiger partial charge in [0.15, 0.2) is 0 Å². The highest BCUT2D eigenvalue weighted by molar-refractivity contribution is 7.99. The molecule has 0 atom stereocenters. The minimum atomic E-state index is 0.729. The molecular formula is C8H15NS. The first kappa shape index (κ1) is 9.84. The third-order valence-corrected chi connectivity index (χ3v) is 2.45. The zero-order valence-electron chi connectivity index (χ0n) is 6.60. The lowest BCUT2D eigenvalue weighted by molar-refractivity contribution is 0.829. The Labute approximate surface area is 67.8 Å². The summed E-state index contributed by atoms with van der Waals surface area (Å²) >= 11 is 1.99. The first-order valence-corrected chi connectivity index (χ1v) is 5.02. The Bertz CT molecular complexity index is 95.9. The third-order valence-electron chi connectivity index (χ3n) is 1.18. The largest absolute Gasteiger partial charge is 0.198 e. The third kappa shape index (κ3) is 7.84. The van der Waals surface area contributed by atoms with Crippen molar-refractivity contribution in [3.63, 3.8) is 0 Å². The molecule has 0 unspecified atom stereocenters. The summed E-state index contributed by atoms with van der Waals surface area (Å²) in [5.41, 5.74) is 0. The van der Waals surface area contributed by atoms with Crippen LogP contribution in [0.25, 0.3) is 0 Å². The van der Waals surface area contributed by atoms with Gasteiger partial charge in [0, 0.05) is 6.42 Å². The molecule has 0 saturated carbocycles. The van der Waals surface area contributed by atoms with Crippen LogP contribution < -0.4 is 0 Å². The van der Waals surface area contributed by atoms with Crippen LogP contribution in [0.15, 0.2) is 0 Å². The molecule has 2 heteroatoms. The summed E-state index contributed by atoms with van der Waals surface area (Å²) in [6, 6.07) is 2.15. The number of hydrogen-bond acceptors (Lipinski definition) is 2. The molecule has 0 N–H and O–H groups in total. The van der Waals surface area contributed by atoms with Crippen molar-refractivity contribution in [1.82, 2.24) is 0 Å². The molecule has 0 spiro atoms. The Morgan fingerprint density at radius 3 is 2.70 bits per heavy atom. The fourth-order valence-electron chi connectivity index (χ4n) is 0.655. The molecule has 0 rings (SSSR count). The topological polar surface area (TPSA) is 23.8 Å². The summed E-state index contributed by atoms with van der Waals surface area (Å²) in [4.78, 5) is 0. The van der Waals surface area contributed by atoms with Gasteiger partial charge in [0.2, 0.25) is 0 Å². The number of nitriles is 1. The Hall–Kier alpha value is -0.160. The van der Waals surface area contributed by atoms with E-state index in [2.05, 4.69) is 13.0 Å². The highest BCUT2D eigenvalue weighted by atomic mass is 32.2. The summed E-state index contributed by atoms with van der Waals surface area (Å²) in [6.07, 6.45) is 4.28. The number of nitrogens with zero attached hydrogens (tertiary/aromatic N) is 1. The van der Waals surface area contributed by atoms with E-state index in [-0.39, 0.29) is 0 Å². The first-order valence-electron chi connectivity index (χ1n) is 3.86. The van der Waals surface area contributed by atoms with E-state index in [0.717, 1.165) is 12.8 Å². The molecular weight excluding hydrogens is 142 g/mol. The second-order valence-corrected chi connectivity index (χ2v) is 3.45. The molecule has 1 nitrogen and oxygen atoms in total. The van der Waals surface area contributed by atoms with Crippen LogP contribution in [0.3, 0.4) is 0 Å². The number of unbranched alkanes of at least 4 members (excludes halogenated alkanes) is 2. The fraction of sp³-hybridized carbons (Fsp3) is 0.875. The van der Waals surface area contributed by atoms with E-state index < -0.39 is 0 Å². The summed E-state index contributed by atoms with van der Waals surface area (Å²) in [5.74, 6) is 2.50. The van der Waals surface area contributed by atoms with Crippen molar-refractivity contribution in [3.05, 3.63) is 0 Å². The molecule has 0 aromatic rings. The summed E-state index contributed by atoms with van der Waals surface area (Å²) in [6.45, 7) is 2.20. The van der Waals surface area contributed by atoms with Gasteiger partial charge in [-0.05, 0) is 30.8 Å². The Balaban J connectivity index is 2.72. The van der Waals surface area contributed by atoms with E-state index in [1.165, 1.54) is 24.3 Å². The van der Waals surface area contributed by atoms with E-state index in [1.807, 2.05) is 11.8 Å². The first-order chi connectivity index (χ1) is 4.91. The van der Waals surface area contributed by atoms with E-state index in [1.54, 1.807) is 0 Å². The quantitative estimate of drug-likeness (QED) is 0.553. The average molecular weight is 157 g/mol. The van der Waals surface area contributed by atoms with Gasteiger partial charge < -0.3 is 0 Å². The average Bonchev–Trinajstić information content (AvgIpc) is 1.97. The maximum atomic E-state index is 8.21. The minimum Gasteiger partial charge on any atom is -0.198 e. The van der Waals surface area contributed by atoms with Crippen LogP contribution in [0.4, 0.5) is 0 Å². The predicted octanol–water partition coefficient (Wildman–Crippen LogP) is 2.82. The lowest BCUT2D eigenvalue weighted by Gasteiger charge is -1.95. The van der Waals surface area contributed by atoms with Crippen LogP contribution >= 0.6 is 11.8 Å². The van der Waals surface area contributed by atoms with Gasteiger partial charge in [0.25, 0.3) is 0 Å². The molecule has 0 bridgehead atoms. The van der Waals surface area contributed by atoms with Crippen molar-refractivity contribution in [2.24, 2.45) is 0 Å². The standard InChI is InChI=1S/C8H15NS/c1-2-7-10-8-5-3-4-6-9/h2-5,7-8H2,1H3. The van der Waals surface area contributed by atoms with Crippen LogP contribution in [-0.4, -0.2) is 11.5 Å². The monoisotopic (exact) mass is 157 g/mol. The lowest BCUT2D eigenvalue weighted by atomic mass is 10.3. The van der Waals surface area contributed by atoms with Gasteiger partial charge in [-0.2, -0.15) is 17.0 Å². The zero-order chi connectivity index (χ0) is 7.66. The van der Waals surface area contributed by atoms with Gasteiger partial charge in [0.1, 0.15) is 0 Å². The highest BCUT2D eigenvalue weighted by Gasteiger charge is 1.87. The lowest BCUT2D eigenvalue weighted by Crippen LogP contribution is -1.81. The van der Waals surface area contributed by atoms with Crippen LogP contribution in [0.5, 0.6) is 0 Å². The zero-order valence-corrected chi connectivity index (χ0v) is 7.41. The predicted molar refractivity (Wildman–Crippen MR) is 47.1 cm³/mol. The normalized spacial score (nSPS) is 9.20. The van der Waals surface area contributed by atoms with E-state index in [9.17, 15) is 0 Å². The molecule has 58 valence electrons. The van der Waals surface area contributed by atoms with Crippen molar-refractivity contribution in [2.45, 2.75) is 32.6 Å². The minimum absolute atomic E-state index is 0.729. The van der Waals surface area contributed by atoms with E-state index in [4.69, 9.17) is 5.26 Å². The van der Waals surface area contributed by atoms with Crippen molar-refractivity contribution < 1.29 is 0 Å². The molecule has 0 amide bonds. The molecule has 0 heterocycles. The van der Waals surface area contributed by atoms with Crippen LogP contribution in [0, 0.1) is 11.3 Å². The maximum Gasteiger partial charge on any atom is 0.0621 e. The molecule has 10 heavy (non-hydrogen) atoms. The van der Waals surface area contributed by atoms with Crippen molar-refractivity contribution >= 4 is 11.8 Å². The van der Waals surface area contributed by atoms with E-state index >= 15 is 0 Å². The van der Waals surface area contributed by atoms with Gasteiger partial charge in [0.05, 0.1) is 6.07 Å². The fourth-order valence-corrected chi connectivity index (χ4v) is 1.56. The number of hydrogen-bond donors (Lipinski definition) is 0. The second-order valence-electron chi connectivity index (χ2n) is 2.23. The van der Waals surface area contributed by atoms with Crippen molar-refractivity contribution in [3.8, 4) is 6.07 Å². The second kappa shape index (κ2) is 8.84. The van der Waals surface area contributed by atoms with Crippen LogP contribution in [0.1, 0.15) is 32.6 Å². The Morgan fingerprint density at radius 2 is 2.10 bits per heavy atom. The van der Waals surface area contributed by atoms with Crippen LogP contribution in [-0.2, 0) is 0 Å². The van der Waals surface area contributed by atoms with Gasteiger partial charge in [-0.15, -0.1) is 0 Å². The van der Waals surface area contributed by atoms with Gasteiger partial charge >= 0.3 is 0 Å². The number of rotatable bonds is 6. The Kier molecular flexibility index (Phi) is 8.70. The van der Waals surface area contributed by atoms with Crippen molar-refractivity contribution in [1.29, 1.82) is 5.26 Å². The van der Waals surface area contributed by atoms with Crippen LogP contribution in [0.2, 0.25) is 0 Å². The Morgan fingerprint density at radius 1 is 1.30 bits per heavy atom.